The summed E-state index contributed by atoms with van der Waals surface area (Å²) in [6.07, 6.45) is 1.29. The molecular formula is C17H27N3O3. The van der Waals surface area contributed by atoms with Crippen molar-refractivity contribution >= 4 is 5.91 Å². The average Bonchev–Trinajstić information content (AvgIpc) is 2.54. The van der Waals surface area contributed by atoms with E-state index in [1.165, 1.54) is 0 Å². The van der Waals surface area contributed by atoms with Gasteiger partial charge in [-0.1, -0.05) is 6.07 Å². The van der Waals surface area contributed by atoms with Gasteiger partial charge in [-0.3, -0.25) is 4.79 Å². The molecule has 6 heteroatoms. The summed E-state index contributed by atoms with van der Waals surface area (Å²) in [5, 5.41) is 6.37. The molecule has 0 aliphatic carbocycles. The van der Waals surface area contributed by atoms with Crippen LogP contribution in [-0.2, 0) is 11.2 Å². The van der Waals surface area contributed by atoms with Crippen LogP contribution in [0.5, 0.6) is 11.5 Å². The standard InChI is InChI=1S/C17H27N3O3/c1-20-9-8-18-14(12-20)11-17(21)19-7-6-13-4-5-15(22-2)16(10-13)23-3/h4-5,10,14,18H,6-9,11-12H2,1-3H3,(H,19,21). The van der Waals surface area contributed by atoms with Crippen LogP contribution in [0.1, 0.15) is 12.0 Å². The summed E-state index contributed by atoms with van der Waals surface area (Å²) in [5.74, 6) is 1.52. The molecule has 1 aliphatic heterocycles. The second-order valence-electron chi connectivity index (χ2n) is 5.91. The quantitative estimate of drug-likeness (QED) is 0.772. The van der Waals surface area contributed by atoms with Gasteiger partial charge in [0.15, 0.2) is 11.5 Å². The van der Waals surface area contributed by atoms with E-state index in [0.29, 0.717) is 24.5 Å². The molecule has 1 aromatic rings. The van der Waals surface area contributed by atoms with Crippen molar-refractivity contribution in [3.8, 4) is 11.5 Å². The summed E-state index contributed by atoms with van der Waals surface area (Å²) in [4.78, 5) is 14.3. The summed E-state index contributed by atoms with van der Waals surface area (Å²) in [5.41, 5.74) is 1.11. The molecule has 0 spiro atoms. The fraction of sp³-hybridized carbons (Fsp3) is 0.588. The number of amides is 1. The fourth-order valence-corrected chi connectivity index (χ4v) is 2.81. The normalized spacial score (nSPS) is 18.5. The van der Waals surface area contributed by atoms with E-state index in [-0.39, 0.29) is 11.9 Å². The summed E-state index contributed by atoms with van der Waals surface area (Å²) in [7, 11) is 5.33. The van der Waals surface area contributed by atoms with E-state index in [9.17, 15) is 4.79 Å². The maximum absolute atomic E-state index is 12.0. The highest BCUT2D eigenvalue weighted by atomic mass is 16.5. The Bertz CT molecular complexity index is 522. The Balaban J connectivity index is 1.75. The number of benzene rings is 1. The topological polar surface area (TPSA) is 62.8 Å². The molecule has 2 rings (SSSR count). The Kier molecular flexibility index (Phi) is 6.67. The first-order valence-electron chi connectivity index (χ1n) is 8.02. The van der Waals surface area contributed by atoms with E-state index < -0.39 is 0 Å². The lowest BCUT2D eigenvalue weighted by Gasteiger charge is -2.30. The molecule has 6 nitrogen and oxygen atoms in total. The van der Waals surface area contributed by atoms with Gasteiger partial charge in [0.25, 0.3) is 0 Å². The van der Waals surface area contributed by atoms with Gasteiger partial charge < -0.3 is 25.0 Å². The highest BCUT2D eigenvalue weighted by Crippen LogP contribution is 2.27. The van der Waals surface area contributed by atoms with E-state index >= 15 is 0 Å². The van der Waals surface area contributed by atoms with Gasteiger partial charge in [-0.05, 0) is 31.2 Å². The lowest BCUT2D eigenvalue weighted by molar-refractivity contribution is -0.121. The molecule has 23 heavy (non-hydrogen) atoms. The molecule has 0 bridgehead atoms. The first kappa shape index (κ1) is 17.6. The summed E-state index contributed by atoms with van der Waals surface area (Å²) >= 11 is 0. The zero-order valence-electron chi connectivity index (χ0n) is 14.2. The molecule has 128 valence electrons. The molecular weight excluding hydrogens is 294 g/mol. The monoisotopic (exact) mass is 321 g/mol. The molecule has 0 radical (unpaired) electrons. The van der Waals surface area contributed by atoms with Crippen LogP contribution in [0.3, 0.4) is 0 Å². The SMILES string of the molecule is COc1ccc(CCNC(=O)CC2CN(C)CCN2)cc1OC. The molecule has 0 aromatic heterocycles. The first-order valence-corrected chi connectivity index (χ1v) is 8.02. The fourth-order valence-electron chi connectivity index (χ4n) is 2.81. The van der Waals surface area contributed by atoms with Crippen molar-refractivity contribution < 1.29 is 14.3 Å². The van der Waals surface area contributed by atoms with Crippen molar-refractivity contribution in [1.29, 1.82) is 0 Å². The lowest BCUT2D eigenvalue weighted by atomic mass is 10.1. The largest absolute Gasteiger partial charge is 0.493 e. The number of hydrogen-bond acceptors (Lipinski definition) is 5. The minimum absolute atomic E-state index is 0.0956. The number of hydrogen-bond donors (Lipinski definition) is 2. The number of nitrogens with one attached hydrogen (secondary N) is 2. The second-order valence-corrected chi connectivity index (χ2v) is 5.91. The highest BCUT2D eigenvalue weighted by molar-refractivity contribution is 5.76. The number of carbonyl (C=O) groups is 1. The molecule has 1 saturated heterocycles. The van der Waals surface area contributed by atoms with Crippen LogP contribution in [0.25, 0.3) is 0 Å². The van der Waals surface area contributed by atoms with E-state index in [0.717, 1.165) is 31.6 Å². The number of carbonyl (C=O) groups excluding carboxylic acids is 1. The third-order valence-corrected chi connectivity index (χ3v) is 4.07. The third kappa shape index (κ3) is 5.41. The summed E-state index contributed by atoms with van der Waals surface area (Å²) in [6.45, 7) is 3.53. The van der Waals surface area contributed by atoms with Crippen LogP contribution in [0.15, 0.2) is 18.2 Å². The molecule has 2 N–H and O–H groups in total. The Hall–Kier alpha value is -1.79. The van der Waals surface area contributed by atoms with Gasteiger partial charge in [-0.15, -0.1) is 0 Å². The average molecular weight is 321 g/mol. The number of methoxy groups -OCH3 is 2. The van der Waals surface area contributed by atoms with Crippen molar-refractivity contribution in [2.24, 2.45) is 0 Å². The van der Waals surface area contributed by atoms with Crippen LogP contribution in [0, 0.1) is 0 Å². The lowest BCUT2D eigenvalue weighted by Crippen LogP contribution is -2.50. The predicted molar refractivity (Wildman–Crippen MR) is 90.2 cm³/mol. The second kappa shape index (κ2) is 8.74. The van der Waals surface area contributed by atoms with Gasteiger partial charge in [0, 0.05) is 38.6 Å². The van der Waals surface area contributed by atoms with Gasteiger partial charge in [0.05, 0.1) is 14.2 Å². The maximum Gasteiger partial charge on any atom is 0.221 e. The number of ether oxygens (including phenoxy) is 2. The van der Waals surface area contributed by atoms with Crippen LogP contribution < -0.4 is 20.1 Å². The van der Waals surface area contributed by atoms with Gasteiger partial charge in [-0.2, -0.15) is 0 Å². The van der Waals surface area contributed by atoms with Crippen molar-refractivity contribution in [2.75, 3.05) is 47.4 Å². The molecule has 1 fully saturated rings. The maximum atomic E-state index is 12.0. The van der Waals surface area contributed by atoms with Crippen molar-refractivity contribution in [3.05, 3.63) is 23.8 Å². The van der Waals surface area contributed by atoms with Gasteiger partial charge in [0.2, 0.25) is 5.91 Å². The summed E-state index contributed by atoms with van der Waals surface area (Å²) in [6, 6.07) is 6.07. The number of nitrogens with zero attached hydrogens (tertiary/aromatic N) is 1. The number of piperazine rings is 1. The predicted octanol–water partition coefficient (Wildman–Crippen LogP) is 0.656. The van der Waals surface area contributed by atoms with E-state index in [1.54, 1.807) is 14.2 Å². The molecule has 1 heterocycles. The number of likely N-dealkylation sites (N-methyl/N-ethyl adjacent to an activating group) is 1. The highest BCUT2D eigenvalue weighted by Gasteiger charge is 2.19. The third-order valence-electron chi connectivity index (χ3n) is 4.07. The van der Waals surface area contributed by atoms with E-state index in [2.05, 4.69) is 22.6 Å². The Morgan fingerprint density at radius 3 is 2.83 bits per heavy atom. The zero-order valence-corrected chi connectivity index (χ0v) is 14.2. The molecule has 0 saturated carbocycles. The Labute approximate surface area is 138 Å². The van der Waals surface area contributed by atoms with Crippen molar-refractivity contribution in [2.45, 2.75) is 18.9 Å². The zero-order chi connectivity index (χ0) is 16.7. The van der Waals surface area contributed by atoms with E-state index in [1.807, 2.05) is 18.2 Å². The van der Waals surface area contributed by atoms with Crippen LogP contribution in [-0.4, -0.2) is 64.3 Å². The Morgan fingerprint density at radius 2 is 2.13 bits per heavy atom. The molecule has 1 amide bonds. The minimum atomic E-state index is 0.0956. The van der Waals surface area contributed by atoms with Crippen LogP contribution >= 0.6 is 0 Å². The van der Waals surface area contributed by atoms with Crippen LogP contribution in [0.4, 0.5) is 0 Å². The molecule has 1 aliphatic rings. The number of rotatable bonds is 7. The van der Waals surface area contributed by atoms with Crippen molar-refractivity contribution in [3.63, 3.8) is 0 Å². The molecule has 1 atom stereocenters. The first-order chi connectivity index (χ1) is 11.1. The Morgan fingerprint density at radius 1 is 1.35 bits per heavy atom. The minimum Gasteiger partial charge on any atom is -0.493 e. The van der Waals surface area contributed by atoms with Gasteiger partial charge >= 0.3 is 0 Å². The van der Waals surface area contributed by atoms with Gasteiger partial charge in [-0.25, -0.2) is 0 Å². The van der Waals surface area contributed by atoms with E-state index in [4.69, 9.17) is 9.47 Å². The molecule has 1 unspecified atom stereocenters. The summed E-state index contributed by atoms with van der Waals surface area (Å²) < 4.78 is 10.5. The molecule has 1 aromatic carbocycles. The smallest absolute Gasteiger partial charge is 0.221 e. The van der Waals surface area contributed by atoms with Gasteiger partial charge in [0.1, 0.15) is 0 Å². The van der Waals surface area contributed by atoms with Crippen LogP contribution in [0.2, 0.25) is 0 Å². The van der Waals surface area contributed by atoms with Crippen molar-refractivity contribution in [1.82, 2.24) is 15.5 Å².